The first-order valence-corrected chi connectivity index (χ1v) is 11.7. The molecule has 0 bridgehead atoms. The van der Waals surface area contributed by atoms with E-state index in [1.165, 1.54) is 0 Å². The number of carbonyl (C=O) groups excluding carboxylic acids is 2. The van der Waals surface area contributed by atoms with Crippen molar-refractivity contribution in [3.05, 3.63) is 90.0 Å². The van der Waals surface area contributed by atoms with Gasteiger partial charge in [0, 0.05) is 11.3 Å². The third kappa shape index (κ3) is 4.36. The lowest BCUT2D eigenvalue weighted by Crippen LogP contribution is -2.29. The number of ether oxygens (including phenoxy) is 1. The fourth-order valence-electron chi connectivity index (χ4n) is 4.05. The fraction of sp³-hybridized carbons (Fsp3) is 0.231. The number of para-hydroxylation sites is 3. The highest BCUT2D eigenvalue weighted by Crippen LogP contribution is 2.46. The molecule has 0 aromatic heterocycles. The summed E-state index contributed by atoms with van der Waals surface area (Å²) in [4.78, 5) is 27.8. The van der Waals surface area contributed by atoms with Crippen LogP contribution in [0.4, 0.5) is 11.4 Å². The Labute approximate surface area is 192 Å². The minimum Gasteiger partial charge on any atom is -0.495 e. The van der Waals surface area contributed by atoms with Gasteiger partial charge in [-0.25, -0.2) is 0 Å². The number of hydrogen-bond donors (Lipinski definition) is 1. The van der Waals surface area contributed by atoms with Gasteiger partial charge in [0.05, 0.1) is 24.5 Å². The molecule has 1 N–H and O–H groups in total. The van der Waals surface area contributed by atoms with Crippen LogP contribution in [-0.2, 0) is 9.59 Å². The second kappa shape index (κ2) is 9.92. The van der Waals surface area contributed by atoms with Gasteiger partial charge in [0.25, 0.3) is 0 Å². The first kappa shape index (κ1) is 22.0. The van der Waals surface area contributed by atoms with E-state index >= 15 is 0 Å². The summed E-state index contributed by atoms with van der Waals surface area (Å²) in [6.07, 6.45) is 0.696. The van der Waals surface area contributed by atoms with E-state index in [4.69, 9.17) is 4.74 Å². The zero-order chi connectivity index (χ0) is 22.5. The Morgan fingerprint density at radius 2 is 1.75 bits per heavy atom. The third-order valence-corrected chi connectivity index (χ3v) is 6.82. The van der Waals surface area contributed by atoms with Gasteiger partial charge in [-0.15, -0.1) is 11.8 Å². The normalized spacial score (nSPS) is 16.6. The average Bonchev–Trinajstić information content (AvgIpc) is 3.21. The fourth-order valence-corrected chi connectivity index (χ4v) is 5.25. The monoisotopic (exact) mass is 446 g/mol. The van der Waals surface area contributed by atoms with E-state index in [1.807, 2.05) is 85.8 Å². The first-order chi connectivity index (χ1) is 15.6. The van der Waals surface area contributed by atoms with Gasteiger partial charge >= 0.3 is 0 Å². The minimum atomic E-state index is -0.257. The Bertz CT molecular complexity index is 1100. The number of nitrogens with zero attached hydrogens (tertiary/aromatic N) is 1. The zero-order valence-corrected chi connectivity index (χ0v) is 19.0. The number of anilines is 2. The summed E-state index contributed by atoms with van der Waals surface area (Å²) in [6, 6.07) is 25.0. The van der Waals surface area contributed by atoms with E-state index < -0.39 is 0 Å². The Kier molecular flexibility index (Phi) is 6.81. The molecule has 1 saturated heterocycles. The standard InChI is InChI=1S/C26H26N2O3S/c1-3-19(18-11-5-4-6-12-18)25(30)27-21-14-8-7-13-20(21)26-28(24(29)17-32-26)22-15-9-10-16-23(22)31-2/h4-16,19,26H,3,17H2,1-2H3,(H,27,30). The Hall–Kier alpha value is -3.25. The van der Waals surface area contributed by atoms with Gasteiger partial charge in [0.1, 0.15) is 11.1 Å². The molecule has 1 heterocycles. The Balaban J connectivity index is 1.66. The number of rotatable bonds is 7. The van der Waals surface area contributed by atoms with Crippen molar-refractivity contribution in [2.24, 2.45) is 0 Å². The summed E-state index contributed by atoms with van der Waals surface area (Å²) in [5.41, 5.74) is 3.34. The lowest BCUT2D eigenvalue weighted by molar-refractivity contribution is -0.117. The third-order valence-electron chi connectivity index (χ3n) is 5.62. The predicted octanol–water partition coefficient (Wildman–Crippen LogP) is 5.61. The van der Waals surface area contributed by atoms with Gasteiger partial charge in [-0.05, 0) is 30.2 Å². The molecular formula is C26H26N2O3S. The maximum atomic E-state index is 13.2. The summed E-state index contributed by atoms with van der Waals surface area (Å²) in [6.45, 7) is 2.01. The lowest BCUT2D eigenvalue weighted by Gasteiger charge is -2.27. The van der Waals surface area contributed by atoms with E-state index in [9.17, 15) is 9.59 Å². The number of hydrogen-bond acceptors (Lipinski definition) is 4. The molecule has 0 aliphatic carbocycles. The second-order valence-electron chi connectivity index (χ2n) is 7.55. The number of nitrogens with one attached hydrogen (secondary N) is 1. The second-order valence-corrected chi connectivity index (χ2v) is 8.62. The number of benzene rings is 3. The summed E-state index contributed by atoms with van der Waals surface area (Å²) < 4.78 is 5.51. The molecule has 2 atom stereocenters. The van der Waals surface area contributed by atoms with E-state index in [0.717, 1.165) is 22.5 Å². The molecule has 4 rings (SSSR count). The maximum absolute atomic E-state index is 13.2. The van der Waals surface area contributed by atoms with Gasteiger partial charge in [-0.2, -0.15) is 0 Å². The molecule has 3 aromatic rings. The summed E-state index contributed by atoms with van der Waals surface area (Å²) in [7, 11) is 1.60. The maximum Gasteiger partial charge on any atom is 0.238 e. The molecule has 1 aliphatic heterocycles. The van der Waals surface area contributed by atoms with Gasteiger partial charge < -0.3 is 10.1 Å². The van der Waals surface area contributed by atoms with E-state index in [0.29, 0.717) is 17.9 Å². The van der Waals surface area contributed by atoms with Crippen LogP contribution < -0.4 is 15.0 Å². The van der Waals surface area contributed by atoms with Crippen LogP contribution in [0.3, 0.4) is 0 Å². The number of carbonyl (C=O) groups is 2. The van der Waals surface area contributed by atoms with E-state index in [-0.39, 0.29) is 23.1 Å². The van der Waals surface area contributed by atoms with Crippen molar-refractivity contribution in [2.45, 2.75) is 24.6 Å². The van der Waals surface area contributed by atoms with Crippen LogP contribution in [0.1, 0.15) is 35.8 Å². The highest BCUT2D eigenvalue weighted by atomic mass is 32.2. The van der Waals surface area contributed by atoms with Gasteiger partial charge in [0.2, 0.25) is 11.8 Å². The smallest absolute Gasteiger partial charge is 0.238 e. The van der Waals surface area contributed by atoms with Crippen LogP contribution in [0.15, 0.2) is 78.9 Å². The Morgan fingerprint density at radius 1 is 1.06 bits per heavy atom. The molecule has 1 aliphatic rings. The molecule has 0 radical (unpaired) electrons. The number of methoxy groups -OCH3 is 1. The molecule has 1 fully saturated rings. The number of amides is 2. The predicted molar refractivity (Wildman–Crippen MR) is 130 cm³/mol. The van der Waals surface area contributed by atoms with Crippen LogP contribution in [0.2, 0.25) is 0 Å². The molecule has 6 heteroatoms. The Morgan fingerprint density at radius 3 is 2.50 bits per heavy atom. The van der Waals surface area contributed by atoms with Crippen molar-refractivity contribution in [3.63, 3.8) is 0 Å². The highest BCUT2D eigenvalue weighted by molar-refractivity contribution is 8.00. The topological polar surface area (TPSA) is 58.6 Å². The van der Waals surface area contributed by atoms with Crippen molar-refractivity contribution < 1.29 is 14.3 Å². The average molecular weight is 447 g/mol. The van der Waals surface area contributed by atoms with Crippen LogP contribution in [-0.4, -0.2) is 24.7 Å². The molecule has 2 unspecified atom stereocenters. The van der Waals surface area contributed by atoms with E-state index in [1.54, 1.807) is 23.8 Å². The van der Waals surface area contributed by atoms with Gasteiger partial charge in [0.15, 0.2) is 0 Å². The van der Waals surface area contributed by atoms with Gasteiger partial charge in [-0.1, -0.05) is 67.6 Å². The van der Waals surface area contributed by atoms with Crippen molar-refractivity contribution in [1.82, 2.24) is 0 Å². The molecule has 5 nitrogen and oxygen atoms in total. The van der Waals surface area contributed by atoms with Crippen LogP contribution in [0.5, 0.6) is 5.75 Å². The molecule has 164 valence electrons. The first-order valence-electron chi connectivity index (χ1n) is 10.7. The summed E-state index contributed by atoms with van der Waals surface area (Å²) >= 11 is 1.55. The van der Waals surface area contributed by atoms with Gasteiger partial charge in [-0.3, -0.25) is 14.5 Å². The molecule has 0 spiro atoms. The van der Waals surface area contributed by atoms with E-state index in [2.05, 4.69) is 5.32 Å². The molecule has 32 heavy (non-hydrogen) atoms. The molecule has 3 aromatic carbocycles. The highest BCUT2D eigenvalue weighted by Gasteiger charge is 2.37. The molecule has 2 amide bonds. The SMILES string of the molecule is CCC(C(=O)Nc1ccccc1C1SCC(=O)N1c1ccccc1OC)c1ccccc1. The summed E-state index contributed by atoms with van der Waals surface area (Å²) in [5.74, 6) is 0.732. The van der Waals surface area contributed by atoms with Crippen molar-refractivity contribution in [3.8, 4) is 5.75 Å². The zero-order valence-electron chi connectivity index (χ0n) is 18.2. The van der Waals surface area contributed by atoms with Crippen molar-refractivity contribution in [2.75, 3.05) is 23.1 Å². The molecular weight excluding hydrogens is 420 g/mol. The van der Waals surface area contributed by atoms with Crippen LogP contribution in [0.25, 0.3) is 0 Å². The van der Waals surface area contributed by atoms with Crippen LogP contribution >= 0.6 is 11.8 Å². The minimum absolute atomic E-state index is 0.0151. The largest absolute Gasteiger partial charge is 0.495 e. The lowest BCUT2D eigenvalue weighted by atomic mass is 9.95. The van der Waals surface area contributed by atoms with Crippen LogP contribution in [0, 0.1) is 0 Å². The molecule has 0 saturated carbocycles. The quantitative estimate of drug-likeness (QED) is 0.513. The number of thioether (sulfide) groups is 1. The van der Waals surface area contributed by atoms with Crippen molar-refractivity contribution in [1.29, 1.82) is 0 Å². The van der Waals surface area contributed by atoms with Crippen molar-refractivity contribution >= 4 is 35.0 Å². The summed E-state index contributed by atoms with van der Waals surface area (Å²) in [5, 5.41) is 2.87.